The highest BCUT2D eigenvalue weighted by molar-refractivity contribution is 5.96. The summed E-state index contributed by atoms with van der Waals surface area (Å²) in [6.07, 6.45) is 4.72. The smallest absolute Gasteiger partial charge is 0.410 e. The maximum atomic E-state index is 12.8. The van der Waals surface area contributed by atoms with Crippen LogP contribution in [-0.4, -0.2) is 67.0 Å². The van der Waals surface area contributed by atoms with E-state index in [-0.39, 0.29) is 17.6 Å². The molecule has 0 bridgehead atoms. The van der Waals surface area contributed by atoms with Crippen molar-refractivity contribution in [1.29, 1.82) is 0 Å². The van der Waals surface area contributed by atoms with Crippen LogP contribution in [0.2, 0.25) is 0 Å². The normalized spacial score (nSPS) is 17.6. The summed E-state index contributed by atoms with van der Waals surface area (Å²) >= 11 is 0. The van der Waals surface area contributed by atoms with Gasteiger partial charge in [-0.2, -0.15) is 0 Å². The van der Waals surface area contributed by atoms with Gasteiger partial charge < -0.3 is 28.6 Å². The molecule has 1 saturated heterocycles. The van der Waals surface area contributed by atoms with E-state index < -0.39 is 11.6 Å². The van der Waals surface area contributed by atoms with Crippen LogP contribution in [0.15, 0.2) is 36.5 Å². The molecule has 2 fully saturated rings. The first kappa shape index (κ1) is 26.2. The lowest BCUT2D eigenvalue weighted by atomic mass is 10.1. The second-order valence-electron chi connectivity index (χ2n) is 12.0. The van der Waals surface area contributed by atoms with Gasteiger partial charge in [0.1, 0.15) is 22.5 Å². The van der Waals surface area contributed by atoms with Crippen LogP contribution in [0.4, 0.5) is 4.79 Å². The third-order valence-electron chi connectivity index (χ3n) is 7.67. The number of ether oxygens (including phenoxy) is 2. The van der Waals surface area contributed by atoms with Crippen molar-refractivity contribution in [2.24, 2.45) is 11.8 Å². The summed E-state index contributed by atoms with van der Waals surface area (Å²) in [7, 11) is 1.55. The lowest BCUT2D eigenvalue weighted by Gasteiger charge is -2.24. The lowest BCUT2D eigenvalue weighted by Crippen LogP contribution is -2.35. The van der Waals surface area contributed by atoms with E-state index in [2.05, 4.69) is 21.3 Å². The van der Waals surface area contributed by atoms with Crippen molar-refractivity contribution in [2.75, 3.05) is 20.2 Å². The first-order valence-corrected chi connectivity index (χ1v) is 13.9. The third kappa shape index (κ3) is 4.98. The van der Waals surface area contributed by atoms with E-state index in [1.807, 2.05) is 33.0 Å². The van der Waals surface area contributed by atoms with Gasteiger partial charge in [0.2, 0.25) is 0 Å². The van der Waals surface area contributed by atoms with E-state index in [0.717, 1.165) is 41.0 Å². The average molecular weight is 546 g/mol. The summed E-state index contributed by atoms with van der Waals surface area (Å²) in [5, 5.41) is 10.8. The van der Waals surface area contributed by atoms with Gasteiger partial charge in [0.25, 0.3) is 0 Å². The summed E-state index contributed by atoms with van der Waals surface area (Å²) in [5.41, 5.74) is 2.73. The zero-order valence-electron chi connectivity index (χ0n) is 23.4. The van der Waals surface area contributed by atoms with Gasteiger partial charge >= 0.3 is 12.1 Å². The SMILES string of the molecule is COc1cc(C(=O)O)cc2nc(-c3cc4cccnc4n3CC3CC3)n(CC3CCN(C(=O)OC(C)(C)C)C3)c12. The molecule has 1 unspecified atom stereocenters. The van der Waals surface area contributed by atoms with E-state index in [1.54, 1.807) is 24.1 Å². The molecular weight excluding hydrogens is 510 g/mol. The maximum Gasteiger partial charge on any atom is 0.410 e. The number of hydrogen-bond donors (Lipinski definition) is 1. The van der Waals surface area contributed by atoms with Crippen molar-refractivity contribution in [3.8, 4) is 17.3 Å². The van der Waals surface area contributed by atoms with Crippen molar-refractivity contribution < 1.29 is 24.2 Å². The number of imidazole rings is 1. The fraction of sp³-hybridized carbons (Fsp3) is 0.467. The van der Waals surface area contributed by atoms with Gasteiger partial charge in [-0.05, 0) is 82.2 Å². The Bertz CT molecular complexity index is 1610. The Kier molecular flexibility index (Phi) is 6.43. The highest BCUT2D eigenvalue weighted by Gasteiger charge is 2.32. The maximum absolute atomic E-state index is 12.8. The zero-order chi connectivity index (χ0) is 28.2. The number of carbonyl (C=O) groups is 2. The quantitative estimate of drug-likeness (QED) is 0.330. The zero-order valence-corrected chi connectivity index (χ0v) is 23.4. The minimum atomic E-state index is -1.04. The highest BCUT2D eigenvalue weighted by Crippen LogP contribution is 2.38. The summed E-state index contributed by atoms with van der Waals surface area (Å²) in [4.78, 5) is 36.1. The molecule has 1 N–H and O–H groups in total. The molecule has 1 aromatic carbocycles. The van der Waals surface area contributed by atoms with Crippen LogP contribution in [0.25, 0.3) is 33.6 Å². The number of carbonyl (C=O) groups excluding carboxylic acids is 1. The third-order valence-corrected chi connectivity index (χ3v) is 7.67. The summed E-state index contributed by atoms with van der Waals surface area (Å²) < 4.78 is 15.7. The van der Waals surface area contributed by atoms with Gasteiger partial charge in [-0.15, -0.1) is 0 Å². The van der Waals surface area contributed by atoms with Gasteiger partial charge in [0.05, 0.1) is 23.9 Å². The number of nitrogens with zero attached hydrogens (tertiary/aromatic N) is 5. The van der Waals surface area contributed by atoms with Crippen LogP contribution in [0, 0.1) is 11.8 Å². The molecule has 1 amide bonds. The molecule has 210 valence electrons. The fourth-order valence-corrected chi connectivity index (χ4v) is 5.63. The van der Waals surface area contributed by atoms with Crippen LogP contribution < -0.4 is 4.74 Å². The molecule has 1 aliphatic carbocycles. The second-order valence-corrected chi connectivity index (χ2v) is 12.0. The van der Waals surface area contributed by atoms with Crippen molar-refractivity contribution in [3.63, 3.8) is 0 Å². The number of fused-ring (bicyclic) bond motifs is 2. The van der Waals surface area contributed by atoms with Crippen LogP contribution in [-0.2, 0) is 17.8 Å². The predicted molar refractivity (Wildman–Crippen MR) is 151 cm³/mol. The minimum Gasteiger partial charge on any atom is -0.494 e. The Hall–Kier alpha value is -4.08. The molecule has 1 atom stereocenters. The molecule has 0 spiro atoms. The van der Waals surface area contributed by atoms with Gasteiger partial charge in [0.15, 0.2) is 5.82 Å². The minimum absolute atomic E-state index is 0.123. The first-order chi connectivity index (χ1) is 19.1. The molecule has 10 heteroatoms. The van der Waals surface area contributed by atoms with Crippen LogP contribution in [0.5, 0.6) is 5.75 Å². The van der Waals surface area contributed by atoms with Crippen molar-refractivity contribution >= 4 is 34.1 Å². The number of pyridine rings is 1. The van der Waals surface area contributed by atoms with Gasteiger partial charge in [-0.3, -0.25) is 0 Å². The molecular formula is C30H35N5O5. The number of benzene rings is 1. The molecule has 1 aliphatic heterocycles. The molecule has 4 aromatic rings. The number of amides is 1. The van der Waals surface area contributed by atoms with Crippen molar-refractivity contribution in [3.05, 3.63) is 42.1 Å². The Labute approximate surface area is 232 Å². The van der Waals surface area contributed by atoms with Crippen LogP contribution in [0.1, 0.15) is 50.4 Å². The van der Waals surface area contributed by atoms with E-state index >= 15 is 0 Å². The second kappa shape index (κ2) is 9.83. The number of aromatic carboxylic acids is 1. The molecule has 4 heterocycles. The van der Waals surface area contributed by atoms with E-state index in [1.165, 1.54) is 12.8 Å². The number of carboxylic acids is 1. The Morgan fingerprint density at radius 2 is 1.85 bits per heavy atom. The fourth-order valence-electron chi connectivity index (χ4n) is 5.63. The number of carboxylic acid groups (broad SMARTS) is 1. The summed E-state index contributed by atoms with van der Waals surface area (Å²) in [5.74, 6) is 0.933. The standard InChI is InChI=1S/C30H35N5O5/c1-30(2,3)40-29(38)33-11-9-19(15-33)17-35-25-22(12-21(28(36)37)14-24(25)39-4)32-27(35)23-13-20-6-5-10-31-26(20)34(23)16-18-7-8-18/h5-6,10,12-14,18-19H,7-9,11,15-17H2,1-4H3,(H,36,37). The number of rotatable bonds is 7. The van der Waals surface area contributed by atoms with Gasteiger partial charge in [-0.1, -0.05) is 0 Å². The van der Waals surface area contributed by atoms with E-state index in [4.69, 9.17) is 19.4 Å². The number of methoxy groups -OCH3 is 1. The van der Waals surface area contributed by atoms with Gasteiger partial charge in [-0.25, -0.2) is 19.6 Å². The topological polar surface area (TPSA) is 112 Å². The number of likely N-dealkylation sites (tertiary alicyclic amines) is 1. The monoisotopic (exact) mass is 545 g/mol. The highest BCUT2D eigenvalue weighted by atomic mass is 16.6. The first-order valence-electron chi connectivity index (χ1n) is 13.9. The molecule has 1 saturated carbocycles. The Morgan fingerprint density at radius 3 is 2.55 bits per heavy atom. The van der Waals surface area contributed by atoms with E-state index in [9.17, 15) is 14.7 Å². The lowest BCUT2D eigenvalue weighted by molar-refractivity contribution is 0.0287. The summed E-state index contributed by atoms with van der Waals surface area (Å²) in [6, 6.07) is 9.27. The summed E-state index contributed by atoms with van der Waals surface area (Å²) in [6.45, 7) is 8.24. The largest absolute Gasteiger partial charge is 0.494 e. The number of hydrogen-bond acceptors (Lipinski definition) is 6. The van der Waals surface area contributed by atoms with Crippen molar-refractivity contribution in [2.45, 2.75) is 58.7 Å². The molecule has 3 aromatic heterocycles. The Balaban J connectivity index is 1.46. The Morgan fingerprint density at radius 1 is 1.07 bits per heavy atom. The molecule has 40 heavy (non-hydrogen) atoms. The molecule has 2 aliphatic rings. The average Bonchev–Trinajstić information content (AvgIpc) is 3.31. The number of aromatic nitrogens is 4. The van der Waals surface area contributed by atoms with Crippen molar-refractivity contribution in [1.82, 2.24) is 24.0 Å². The molecule has 6 rings (SSSR count). The van der Waals surface area contributed by atoms with Crippen LogP contribution >= 0.6 is 0 Å². The molecule has 10 nitrogen and oxygen atoms in total. The van der Waals surface area contributed by atoms with Gasteiger partial charge in [0, 0.05) is 37.8 Å². The van der Waals surface area contributed by atoms with Crippen LogP contribution in [0.3, 0.4) is 0 Å². The van der Waals surface area contributed by atoms with E-state index in [0.29, 0.717) is 36.8 Å². The predicted octanol–water partition coefficient (Wildman–Crippen LogP) is 5.43. The molecule has 0 radical (unpaired) electrons.